The molecule has 0 bridgehead atoms. The number of anilines is 1. The Labute approximate surface area is 165 Å². The van der Waals surface area contributed by atoms with E-state index in [0.29, 0.717) is 25.1 Å². The molecule has 0 unspecified atom stereocenters. The number of hydrogen-bond acceptors (Lipinski definition) is 4. The summed E-state index contributed by atoms with van der Waals surface area (Å²) in [6, 6.07) is 12.1. The number of amides is 2. The summed E-state index contributed by atoms with van der Waals surface area (Å²) < 4.78 is 0. The van der Waals surface area contributed by atoms with Crippen LogP contribution >= 0.6 is 0 Å². The second kappa shape index (κ2) is 8.42. The lowest BCUT2D eigenvalue weighted by Gasteiger charge is -2.29. The molecule has 2 aliphatic rings. The Hall–Kier alpha value is -2.89. The number of pyridine rings is 1. The normalized spacial score (nSPS) is 16.2. The first kappa shape index (κ1) is 18.5. The lowest BCUT2D eigenvalue weighted by molar-refractivity contribution is -0.127. The Morgan fingerprint density at radius 1 is 1.11 bits per heavy atom. The highest BCUT2D eigenvalue weighted by Crippen LogP contribution is 2.23. The van der Waals surface area contributed by atoms with Crippen molar-refractivity contribution in [2.75, 3.05) is 31.1 Å². The van der Waals surface area contributed by atoms with Crippen LogP contribution in [0, 0.1) is 0 Å². The van der Waals surface area contributed by atoms with Gasteiger partial charge in [0.05, 0.1) is 0 Å². The summed E-state index contributed by atoms with van der Waals surface area (Å²) in [7, 11) is 0. The van der Waals surface area contributed by atoms with Gasteiger partial charge in [0, 0.05) is 50.9 Å². The van der Waals surface area contributed by atoms with Gasteiger partial charge in [-0.1, -0.05) is 24.3 Å². The summed E-state index contributed by atoms with van der Waals surface area (Å²) >= 11 is 0. The zero-order valence-electron chi connectivity index (χ0n) is 16.1. The fraction of sp³-hybridized carbons (Fsp3) is 0.409. The average molecular weight is 378 g/mol. The third kappa shape index (κ3) is 4.16. The predicted molar refractivity (Wildman–Crippen MR) is 108 cm³/mol. The third-order valence-corrected chi connectivity index (χ3v) is 5.52. The topological polar surface area (TPSA) is 65.5 Å². The van der Waals surface area contributed by atoms with Crippen LogP contribution in [-0.4, -0.2) is 47.9 Å². The maximum Gasteiger partial charge on any atom is 0.251 e. The standard InChI is InChI=1S/C22H26N4O2/c27-21-7-3-12-25(21)13-4-10-24-22(28)18-8-11-23-20(15-18)26-14-9-17-5-1-2-6-19(17)16-26/h1-2,5-6,8,11,15H,3-4,7,9-10,12-14,16H2,(H,24,28). The van der Waals surface area contributed by atoms with Gasteiger partial charge in [0.15, 0.2) is 0 Å². The van der Waals surface area contributed by atoms with Crippen molar-refractivity contribution >= 4 is 17.6 Å². The van der Waals surface area contributed by atoms with Crippen molar-refractivity contribution in [1.29, 1.82) is 0 Å². The van der Waals surface area contributed by atoms with E-state index >= 15 is 0 Å². The van der Waals surface area contributed by atoms with Gasteiger partial charge in [0.1, 0.15) is 5.82 Å². The molecular formula is C22H26N4O2. The Kier molecular flexibility index (Phi) is 5.55. The first-order valence-electron chi connectivity index (χ1n) is 10.0. The minimum atomic E-state index is -0.0891. The van der Waals surface area contributed by atoms with E-state index in [9.17, 15) is 9.59 Å². The largest absolute Gasteiger partial charge is 0.352 e. The van der Waals surface area contributed by atoms with E-state index in [1.807, 2.05) is 11.0 Å². The minimum Gasteiger partial charge on any atom is -0.352 e. The molecule has 2 aromatic rings. The molecule has 4 rings (SSSR count). The molecule has 1 N–H and O–H groups in total. The van der Waals surface area contributed by atoms with Gasteiger partial charge in [-0.2, -0.15) is 0 Å². The van der Waals surface area contributed by atoms with Crippen molar-refractivity contribution < 1.29 is 9.59 Å². The van der Waals surface area contributed by atoms with Crippen molar-refractivity contribution in [2.24, 2.45) is 0 Å². The fourth-order valence-corrected chi connectivity index (χ4v) is 3.94. The summed E-state index contributed by atoms with van der Waals surface area (Å²) in [6.45, 7) is 3.85. The predicted octanol–water partition coefficient (Wildman–Crippen LogP) is 2.39. The van der Waals surface area contributed by atoms with Gasteiger partial charge in [-0.15, -0.1) is 0 Å². The van der Waals surface area contributed by atoms with E-state index in [1.165, 1.54) is 11.1 Å². The zero-order valence-corrected chi connectivity index (χ0v) is 16.1. The smallest absolute Gasteiger partial charge is 0.251 e. The molecule has 0 spiro atoms. The highest BCUT2D eigenvalue weighted by atomic mass is 16.2. The van der Waals surface area contributed by atoms with Crippen LogP contribution in [0.2, 0.25) is 0 Å². The molecule has 0 atom stereocenters. The van der Waals surface area contributed by atoms with Crippen LogP contribution in [0.15, 0.2) is 42.6 Å². The SMILES string of the molecule is O=C(NCCCN1CCCC1=O)c1ccnc(N2CCc3ccccc3C2)c1. The van der Waals surface area contributed by atoms with Crippen molar-refractivity contribution in [1.82, 2.24) is 15.2 Å². The van der Waals surface area contributed by atoms with Crippen LogP contribution in [0.3, 0.4) is 0 Å². The molecule has 2 amide bonds. The van der Waals surface area contributed by atoms with Crippen LogP contribution < -0.4 is 10.2 Å². The second-order valence-corrected chi connectivity index (χ2v) is 7.44. The van der Waals surface area contributed by atoms with E-state index in [-0.39, 0.29) is 11.8 Å². The number of nitrogens with zero attached hydrogens (tertiary/aromatic N) is 3. The second-order valence-electron chi connectivity index (χ2n) is 7.44. The summed E-state index contributed by atoms with van der Waals surface area (Å²) in [6.07, 6.45) is 5.08. The molecule has 0 radical (unpaired) electrons. The Morgan fingerprint density at radius 2 is 1.96 bits per heavy atom. The van der Waals surface area contributed by atoms with Gasteiger partial charge in [0.2, 0.25) is 5.91 Å². The summed E-state index contributed by atoms with van der Waals surface area (Å²) in [5, 5.41) is 2.96. The van der Waals surface area contributed by atoms with E-state index in [1.54, 1.807) is 12.3 Å². The zero-order chi connectivity index (χ0) is 19.3. The lowest BCUT2D eigenvalue weighted by Crippen LogP contribution is -2.32. The van der Waals surface area contributed by atoms with E-state index in [2.05, 4.69) is 39.5 Å². The van der Waals surface area contributed by atoms with Crippen molar-refractivity contribution in [3.8, 4) is 0 Å². The van der Waals surface area contributed by atoms with Gasteiger partial charge in [-0.3, -0.25) is 9.59 Å². The number of aromatic nitrogens is 1. The summed E-state index contributed by atoms with van der Waals surface area (Å²) in [5.74, 6) is 0.979. The number of hydrogen-bond donors (Lipinski definition) is 1. The van der Waals surface area contributed by atoms with Crippen LogP contribution in [0.4, 0.5) is 5.82 Å². The van der Waals surface area contributed by atoms with E-state index in [4.69, 9.17) is 0 Å². The highest BCUT2D eigenvalue weighted by Gasteiger charge is 2.20. The van der Waals surface area contributed by atoms with Crippen molar-refractivity contribution in [3.05, 3.63) is 59.3 Å². The molecule has 146 valence electrons. The first-order chi connectivity index (χ1) is 13.7. The quantitative estimate of drug-likeness (QED) is 0.784. The Bertz CT molecular complexity index is 867. The highest BCUT2D eigenvalue weighted by molar-refractivity contribution is 5.94. The number of likely N-dealkylation sites (tertiary alicyclic amines) is 1. The molecule has 2 aliphatic heterocycles. The van der Waals surface area contributed by atoms with Crippen molar-refractivity contribution in [3.63, 3.8) is 0 Å². The van der Waals surface area contributed by atoms with E-state index < -0.39 is 0 Å². The molecular weight excluding hydrogens is 352 g/mol. The molecule has 1 aromatic heterocycles. The van der Waals surface area contributed by atoms with Gasteiger partial charge in [-0.25, -0.2) is 4.98 Å². The molecule has 1 fully saturated rings. The molecule has 1 aromatic carbocycles. The maximum atomic E-state index is 12.5. The number of carbonyl (C=O) groups is 2. The van der Waals surface area contributed by atoms with Crippen LogP contribution in [0.1, 0.15) is 40.7 Å². The molecule has 6 heteroatoms. The molecule has 6 nitrogen and oxygen atoms in total. The third-order valence-electron chi connectivity index (χ3n) is 5.52. The number of benzene rings is 1. The first-order valence-corrected chi connectivity index (χ1v) is 10.0. The monoisotopic (exact) mass is 378 g/mol. The Morgan fingerprint density at radius 3 is 2.79 bits per heavy atom. The number of rotatable bonds is 6. The van der Waals surface area contributed by atoms with Gasteiger partial charge < -0.3 is 15.1 Å². The van der Waals surface area contributed by atoms with Crippen LogP contribution in [0.25, 0.3) is 0 Å². The number of nitrogens with one attached hydrogen (secondary N) is 1. The number of carbonyl (C=O) groups excluding carboxylic acids is 2. The fourth-order valence-electron chi connectivity index (χ4n) is 3.94. The molecule has 0 aliphatic carbocycles. The molecule has 3 heterocycles. The summed E-state index contributed by atoms with van der Waals surface area (Å²) in [4.78, 5) is 32.7. The molecule has 28 heavy (non-hydrogen) atoms. The molecule has 0 saturated carbocycles. The number of fused-ring (bicyclic) bond motifs is 1. The van der Waals surface area contributed by atoms with Gasteiger partial charge in [-0.05, 0) is 42.5 Å². The van der Waals surface area contributed by atoms with Gasteiger partial charge in [0.25, 0.3) is 5.91 Å². The van der Waals surface area contributed by atoms with Crippen LogP contribution in [0.5, 0.6) is 0 Å². The van der Waals surface area contributed by atoms with Crippen LogP contribution in [-0.2, 0) is 17.8 Å². The maximum absolute atomic E-state index is 12.5. The summed E-state index contributed by atoms with van der Waals surface area (Å²) in [5.41, 5.74) is 3.34. The lowest BCUT2D eigenvalue weighted by atomic mass is 10.00. The van der Waals surface area contributed by atoms with Crippen molar-refractivity contribution in [2.45, 2.75) is 32.2 Å². The molecule has 1 saturated heterocycles. The Balaban J connectivity index is 1.32. The van der Waals surface area contributed by atoms with E-state index in [0.717, 1.165) is 44.7 Å². The average Bonchev–Trinajstić information content (AvgIpc) is 3.15. The van der Waals surface area contributed by atoms with Gasteiger partial charge >= 0.3 is 0 Å². The minimum absolute atomic E-state index is 0.0891.